The first-order chi connectivity index (χ1) is 13.9. The largest absolute Gasteiger partial charge is 0.490 e. The summed E-state index contributed by atoms with van der Waals surface area (Å²) < 4.78 is 13.9. The second-order valence-corrected chi connectivity index (χ2v) is 7.66. The molecule has 0 saturated heterocycles. The number of amides is 1. The summed E-state index contributed by atoms with van der Waals surface area (Å²) in [7, 11) is 0. The molecule has 0 radical (unpaired) electrons. The van der Waals surface area contributed by atoms with Gasteiger partial charge in [-0.15, -0.1) is 0 Å². The molecular formula is C21H25BrN4O3. The van der Waals surface area contributed by atoms with Crippen LogP contribution in [0, 0.1) is 0 Å². The van der Waals surface area contributed by atoms with Crippen LogP contribution in [0.4, 0.5) is 5.69 Å². The fourth-order valence-electron chi connectivity index (χ4n) is 3.01. The van der Waals surface area contributed by atoms with E-state index in [2.05, 4.69) is 45.2 Å². The molecule has 1 aromatic carbocycles. The average molecular weight is 461 g/mol. The van der Waals surface area contributed by atoms with Crippen LogP contribution in [0.15, 0.2) is 35.1 Å². The number of halogens is 1. The zero-order valence-corrected chi connectivity index (χ0v) is 18.6. The molecule has 0 saturated carbocycles. The van der Waals surface area contributed by atoms with Crippen LogP contribution in [0.2, 0.25) is 0 Å². The van der Waals surface area contributed by atoms with Gasteiger partial charge in [0, 0.05) is 15.9 Å². The number of benzene rings is 1. The number of aromatic nitrogens is 3. The Morgan fingerprint density at radius 3 is 2.48 bits per heavy atom. The third-order valence-electron chi connectivity index (χ3n) is 4.27. The number of nitrogens with zero attached hydrogens (tertiary/aromatic N) is 3. The molecule has 3 rings (SSSR count). The summed E-state index contributed by atoms with van der Waals surface area (Å²) in [5.41, 5.74) is 2.25. The number of carbonyl (C=O) groups is 1. The summed E-state index contributed by atoms with van der Waals surface area (Å²) in [5.74, 6) is 1.14. The van der Waals surface area contributed by atoms with E-state index in [1.807, 2.05) is 36.7 Å². The molecule has 7 nitrogen and oxygen atoms in total. The van der Waals surface area contributed by atoms with E-state index in [0.717, 1.165) is 21.1 Å². The maximum absolute atomic E-state index is 12.6. The highest BCUT2D eigenvalue weighted by Crippen LogP contribution is 2.34. The van der Waals surface area contributed by atoms with Crippen molar-refractivity contribution in [3.63, 3.8) is 0 Å². The lowest BCUT2D eigenvalue weighted by atomic mass is 10.1. The number of ether oxygens (including phenoxy) is 2. The molecule has 0 atom stereocenters. The lowest BCUT2D eigenvalue weighted by molar-refractivity contribution is -0.115. The molecule has 0 unspecified atom stereocenters. The first-order valence-electron chi connectivity index (χ1n) is 9.64. The van der Waals surface area contributed by atoms with Gasteiger partial charge in [0.2, 0.25) is 5.91 Å². The normalized spacial score (nSPS) is 11.1. The SMILES string of the molecule is CCOc1cc(Br)c(CC(=O)Nc2cnc3c(cnn3C(C)C)c2)cc1OCC. The van der Waals surface area contributed by atoms with Crippen LogP contribution in [-0.4, -0.2) is 33.9 Å². The first kappa shape index (κ1) is 21.1. The number of nitrogens with one attached hydrogen (secondary N) is 1. The second-order valence-electron chi connectivity index (χ2n) is 6.80. The van der Waals surface area contributed by atoms with Gasteiger partial charge in [0.1, 0.15) is 0 Å². The van der Waals surface area contributed by atoms with E-state index in [4.69, 9.17) is 9.47 Å². The number of hydrogen-bond donors (Lipinski definition) is 1. The number of pyridine rings is 1. The summed E-state index contributed by atoms with van der Waals surface area (Å²) in [5, 5.41) is 8.15. The highest BCUT2D eigenvalue weighted by atomic mass is 79.9. The molecule has 0 fully saturated rings. The fourth-order valence-corrected chi connectivity index (χ4v) is 3.48. The molecular weight excluding hydrogens is 436 g/mol. The second kappa shape index (κ2) is 9.26. The van der Waals surface area contributed by atoms with Crippen molar-refractivity contribution < 1.29 is 14.3 Å². The first-order valence-corrected chi connectivity index (χ1v) is 10.4. The van der Waals surface area contributed by atoms with Crippen LogP contribution >= 0.6 is 15.9 Å². The van der Waals surface area contributed by atoms with Gasteiger partial charge in [-0.1, -0.05) is 15.9 Å². The van der Waals surface area contributed by atoms with Crippen molar-refractivity contribution in [2.45, 2.75) is 40.2 Å². The third-order valence-corrected chi connectivity index (χ3v) is 5.01. The summed E-state index contributed by atoms with van der Waals surface area (Å²) in [4.78, 5) is 17.1. The fraction of sp³-hybridized carbons (Fsp3) is 0.381. The molecule has 154 valence electrons. The van der Waals surface area contributed by atoms with Crippen LogP contribution in [0.25, 0.3) is 11.0 Å². The Labute approximate surface area is 178 Å². The lowest BCUT2D eigenvalue weighted by Gasteiger charge is -2.14. The van der Waals surface area contributed by atoms with Crippen LogP contribution < -0.4 is 14.8 Å². The number of rotatable bonds is 8. The Bertz CT molecular complexity index is 1020. The van der Waals surface area contributed by atoms with Crippen LogP contribution in [-0.2, 0) is 11.2 Å². The maximum Gasteiger partial charge on any atom is 0.228 e. The zero-order valence-electron chi connectivity index (χ0n) is 17.0. The van der Waals surface area contributed by atoms with E-state index < -0.39 is 0 Å². The number of anilines is 1. The predicted octanol–water partition coefficient (Wildman–Crippen LogP) is 4.75. The molecule has 3 aromatic rings. The Morgan fingerprint density at radius 2 is 1.83 bits per heavy atom. The molecule has 1 amide bonds. The van der Waals surface area contributed by atoms with E-state index in [-0.39, 0.29) is 18.4 Å². The van der Waals surface area contributed by atoms with E-state index in [1.165, 1.54) is 0 Å². The van der Waals surface area contributed by atoms with Crippen molar-refractivity contribution in [2.75, 3.05) is 18.5 Å². The van der Waals surface area contributed by atoms with Crippen molar-refractivity contribution in [1.82, 2.24) is 14.8 Å². The van der Waals surface area contributed by atoms with Crippen LogP contribution in [0.5, 0.6) is 11.5 Å². The molecule has 29 heavy (non-hydrogen) atoms. The third kappa shape index (κ3) is 4.87. The van der Waals surface area contributed by atoms with Crippen molar-refractivity contribution in [2.24, 2.45) is 0 Å². The van der Waals surface area contributed by atoms with Gasteiger partial charge in [-0.05, 0) is 51.5 Å². The molecule has 0 aliphatic heterocycles. The molecule has 0 aliphatic rings. The minimum Gasteiger partial charge on any atom is -0.490 e. The van der Waals surface area contributed by atoms with Gasteiger partial charge in [0.05, 0.1) is 37.7 Å². The summed E-state index contributed by atoms with van der Waals surface area (Å²) in [6, 6.07) is 5.78. The quantitative estimate of drug-likeness (QED) is 0.524. The molecule has 1 N–H and O–H groups in total. The van der Waals surface area contributed by atoms with Crippen molar-refractivity contribution >= 4 is 38.6 Å². The highest BCUT2D eigenvalue weighted by molar-refractivity contribution is 9.10. The van der Waals surface area contributed by atoms with Crippen LogP contribution in [0.3, 0.4) is 0 Å². The standard InChI is InChI=1S/C21H25BrN4O3/c1-5-28-18-8-14(17(22)10-19(18)29-6-2)9-20(27)25-16-7-15-11-24-26(13(3)4)21(15)23-12-16/h7-8,10-13H,5-6,9H2,1-4H3,(H,25,27). The van der Waals surface area contributed by atoms with Crippen molar-refractivity contribution in [3.05, 3.63) is 40.6 Å². The van der Waals surface area contributed by atoms with E-state index in [9.17, 15) is 4.79 Å². The van der Waals surface area contributed by atoms with Gasteiger partial charge in [-0.3, -0.25) is 4.79 Å². The Hall–Kier alpha value is -2.61. The Balaban J connectivity index is 1.76. The minimum atomic E-state index is -0.144. The minimum absolute atomic E-state index is 0.144. The smallest absolute Gasteiger partial charge is 0.228 e. The number of hydrogen-bond acceptors (Lipinski definition) is 5. The molecule has 2 heterocycles. The van der Waals surface area contributed by atoms with Gasteiger partial charge in [-0.2, -0.15) is 5.10 Å². The number of fused-ring (bicyclic) bond motifs is 1. The number of carbonyl (C=O) groups excluding carboxylic acids is 1. The van der Waals surface area contributed by atoms with E-state index >= 15 is 0 Å². The highest BCUT2D eigenvalue weighted by Gasteiger charge is 2.15. The van der Waals surface area contributed by atoms with Gasteiger partial charge in [0.15, 0.2) is 17.1 Å². The van der Waals surface area contributed by atoms with Crippen molar-refractivity contribution in [1.29, 1.82) is 0 Å². The maximum atomic E-state index is 12.6. The summed E-state index contributed by atoms with van der Waals surface area (Å²) in [6.45, 7) is 8.98. The van der Waals surface area contributed by atoms with Crippen molar-refractivity contribution in [3.8, 4) is 11.5 Å². The molecule has 0 bridgehead atoms. The monoisotopic (exact) mass is 460 g/mol. The van der Waals surface area contributed by atoms with Gasteiger partial charge in [0.25, 0.3) is 0 Å². The predicted molar refractivity (Wildman–Crippen MR) is 117 cm³/mol. The van der Waals surface area contributed by atoms with E-state index in [0.29, 0.717) is 30.4 Å². The zero-order chi connectivity index (χ0) is 21.0. The summed E-state index contributed by atoms with van der Waals surface area (Å²) >= 11 is 3.53. The molecule has 2 aromatic heterocycles. The molecule has 0 spiro atoms. The van der Waals surface area contributed by atoms with Gasteiger partial charge >= 0.3 is 0 Å². The van der Waals surface area contributed by atoms with Gasteiger partial charge in [-0.25, -0.2) is 9.67 Å². The topological polar surface area (TPSA) is 78.3 Å². The van der Waals surface area contributed by atoms with Gasteiger partial charge < -0.3 is 14.8 Å². The molecule has 0 aliphatic carbocycles. The molecule has 8 heteroatoms. The van der Waals surface area contributed by atoms with E-state index in [1.54, 1.807) is 12.4 Å². The Kier molecular flexibility index (Phi) is 6.74. The lowest BCUT2D eigenvalue weighted by Crippen LogP contribution is -2.15. The van der Waals surface area contributed by atoms with Crippen LogP contribution in [0.1, 0.15) is 39.3 Å². The Morgan fingerprint density at radius 1 is 1.14 bits per heavy atom. The average Bonchev–Trinajstić information content (AvgIpc) is 3.09. The summed E-state index contributed by atoms with van der Waals surface area (Å²) in [6.07, 6.45) is 3.60.